The zero-order valence-electron chi connectivity index (χ0n) is 12.1. The van der Waals surface area contributed by atoms with E-state index >= 15 is 0 Å². The first kappa shape index (κ1) is 15.4. The molecule has 1 fully saturated rings. The van der Waals surface area contributed by atoms with Crippen LogP contribution in [0.2, 0.25) is 0 Å². The Morgan fingerprint density at radius 2 is 2.22 bits per heavy atom. The molecule has 18 heavy (non-hydrogen) atoms. The van der Waals surface area contributed by atoms with E-state index in [1.165, 1.54) is 0 Å². The maximum atomic E-state index is 11.8. The van der Waals surface area contributed by atoms with Gasteiger partial charge in [0.15, 0.2) is 0 Å². The molecule has 2 atom stereocenters. The zero-order valence-corrected chi connectivity index (χ0v) is 12.1. The molecule has 1 saturated heterocycles. The van der Waals surface area contributed by atoms with Gasteiger partial charge in [-0.1, -0.05) is 0 Å². The second kappa shape index (κ2) is 7.71. The average molecular weight is 257 g/mol. The molecule has 0 spiro atoms. The first-order valence-electron chi connectivity index (χ1n) is 6.85. The minimum Gasteiger partial charge on any atom is -0.465 e. The Balaban J connectivity index is 2.54. The van der Waals surface area contributed by atoms with Gasteiger partial charge in [0.25, 0.3) is 0 Å². The van der Waals surface area contributed by atoms with Crippen molar-refractivity contribution < 1.29 is 9.53 Å². The Morgan fingerprint density at radius 1 is 1.50 bits per heavy atom. The highest BCUT2D eigenvalue weighted by atomic mass is 16.5. The maximum Gasteiger partial charge on any atom is 0.324 e. The fraction of sp³-hybridized carbons (Fsp3) is 0.923. The van der Waals surface area contributed by atoms with Crippen LogP contribution in [0.1, 0.15) is 20.3 Å². The number of nitrogens with one attached hydrogen (secondary N) is 1. The lowest BCUT2D eigenvalue weighted by Crippen LogP contribution is -2.49. The number of esters is 1. The molecule has 0 saturated carbocycles. The Bertz CT molecular complexity index is 261. The van der Waals surface area contributed by atoms with Crippen molar-refractivity contribution in [3.05, 3.63) is 0 Å². The lowest BCUT2D eigenvalue weighted by Gasteiger charge is -2.30. The second-order valence-electron chi connectivity index (χ2n) is 5.05. The van der Waals surface area contributed by atoms with Gasteiger partial charge in [-0.25, -0.2) is 0 Å². The highest BCUT2D eigenvalue weighted by Gasteiger charge is 2.26. The van der Waals surface area contributed by atoms with Crippen molar-refractivity contribution in [3.63, 3.8) is 0 Å². The number of nitrogens with zero attached hydrogens (tertiary/aromatic N) is 2. The van der Waals surface area contributed by atoms with Crippen LogP contribution in [-0.2, 0) is 9.53 Å². The molecule has 2 unspecified atom stereocenters. The van der Waals surface area contributed by atoms with Crippen molar-refractivity contribution in [3.8, 4) is 0 Å². The number of hydrogen-bond acceptors (Lipinski definition) is 5. The van der Waals surface area contributed by atoms with Crippen LogP contribution >= 0.6 is 0 Å². The molecular weight excluding hydrogens is 230 g/mol. The summed E-state index contributed by atoms with van der Waals surface area (Å²) < 4.78 is 5.09. The van der Waals surface area contributed by atoms with Gasteiger partial charge in [0.1, 0.15) is 6.04 Å². The molecule has 5 heteroatoms. The van der Waals surface area contributed by atoms with Crippen molar-refractivity contribution in [2.45, 2.75) is 32.4 Å². The fourth-order valence-corrected chi connectivity index (χ4v) is 2.45. The van der Waals surface area contributed by atoms with Crippen LogP contribution in [0, 0.1) is 0 Å². The van der Waals surface area contributed by atoms with Crippen molar-refractivity contribution in [1.82, 2.24) is 15.1 Å². The van der Waals surface area contributed by atoms with E-state index in [1.54, 1.807) is 0 Å². The van der Waals surface area contributed by atoms with E-state index in [2.05, 4.69) is 29.1 Å². The van der Waals surface area contributed by atoms with Crippen molar-refractivity contribution in [2.75, 3.05) is 46.9 Å². The lowest BCUT2D eigenvalue weighted by molar-refractivity contribution is -0.146. The van der Waals surface area contributed by atoms with Gasteiger partial charge in [-0.15, -0.1) is 0 Å². The van der Waals surface area contributed by atoms with Crippen molar-refractivity contribution in [2.24, 2.45) is 0 Å². The predicted molar refractivity (Wildman–Crippen MR) is 72.6 cm³/mol. The van der Waals surface area contributed by atoms with E-state index in [1.807, 2.05) is 14.0 Å². The minimum atomic E-state index is -0.226. The Kier molecular flexibility index (Phi) is 6.60. The summed E-state index contributed by atoms with van der Waals surface area (Å²) in [5.74, 6) is -0.148. The molecular formula is C13H27N3O2. The van der Waals surface area contributed by atoms with E-state index in [-0.39, 0.29) is 12.0 Å². The minimum absolute atomic E-state index is 0.148. The molecule has 1 rings (SSSR count). The second-order valence-corrected chi connectivity index (χ2v) is 5.05. The number of ether oxygens (including phenoxy) is 1. The summed E-state index contributed by atoms with van der Waals surface area (Å²) in [6, 6.07) is 0.249. The molecule has 0 bridgehead atoms. The Hall–Kier alpha value is -0.650. The number of carbonyl (C=O) groups is 1. The summed E-state index contributed by atoms with van der Waals surface area (Å²) in [4.78, 5) is 16.5. The standard InChI is InChI=1S/C13H27N3O2/c1-5-18-13(17)12(14-3)10-16-8-6-7-15(4)9-11(16)2/h11-12,14H,5-10H2,1-4H3. The van der Waals surface area contributed by atoms with Gasteiger partial charge in [0.2, 0.25) is 0 Å². The summed E-state index contributed by atoms with van der Waals surface area (Å²) in [6.45, 7) is 8.46. The van der Waals surface area contributed by atoms with Gasteiger partial charge in [-0.2, -0.15) is 0 Å². The third kappa shape index (κ3) is 4.55. The van der Waals surface area contributed by atoms with E-state index in [0.29, 0.717) is 12.6 Å². The largest absolute Gasteiger partial charge is 0.465 e. The van der Waals surface area contributed by atoms with Crippen molar-refractivity contribution in [1.29, 1.82) is 0 Å². The fourth-order valence-electron chi connectivity index (χ4n) is 2.45. The SMILES string of the molecule is CCOC(=O)C(CN1CCCN(C)CC1C)NC. The monoisotopic (exact) mass is 257 g/mol. The van der Waals surface area contributed by atoms with E-state index in [9.17, 15) is 4.79 Å². The van der Waals surface area contributed by atoms with Crippen LogP contribution in [0.5, 0.6) is 0 Å². The first-order valence-corrected chi connectivity index (χ1v) is 6.85. The van der Waals surface area contributed by atoms with E-state index in [4.69, 9.17) is 4.74 Å². The first-order chi connectivity index (χ1) is 8.58. The highest BCUT2D eigenvalue weighted by Crippen LogP contribution is 2.09. The molecule has 1 heterocycles. The molecule has 0 aromatic carbocycles. The van der Waals surface area contributed by atoms with Gasteiger partial charge in [-0.3, -0.25) is 9.69 Å². The van der Waals surface area contributed by atoms with Crippen LogP contribution in [0.3, 0.4) is 0 Å². The van der Waals surface area contributed by atoms with Gasteiger partial charge < -0.3 is 15.0 Å². The molecule has 1 N–H and O–H groups in total. The number of rotatable bonds is 5. The third-order valence-corrected chi connectivity index (χ3v) is 3.52. The molecule has 0 aliphatic carbocycles. The van der Waals surface area contributed by atoms with Crippen LogP contribution in [0.15, 0.2) is 0 Å². The van der Waals surface area contributed by atoms with E-state index in [0.717, 1.165) is 32.6 Å². The molecule has 0 amide bonds. The Morgan fingerprint density at radius 3 is 2.83 bits per heavy atom. The average Bonchev–Trinajstić information content (AvgIpc) is 2.47. The van der Waals surface area contributed by atoms with Crippen LogP contribution < -0.4 is 5.32 Å². The molecule has 0 radical (unpaired) electrons. The lowest BCUT2D eigenvalue weighted by atomic mass is 10.2. The molecule has 5 nitrogen and oxygen atoms in total. The molecule has 1 aliphatic heterocycles. The Labute approximate surface area is 110 Å². The molecule has 106 valence electrons. The summed E-state index contributed by atoms with van der Waals surface area (Å²) >= 11 is 0. The molecule has 0 aromatic heterocycles. The number of likely N-dealkylation sites (N-methyl/N-ethyl adjacent to an activating group) is 2. The van der Waals surface area contributed by atoms with Gasteiger partial charge >= 0.3 is 5.97 Å². The van der Waals surface area contributed by atoms with Crippen molar-refractivity contribution >= 4 is 5.97 Å². The summed E-state index contributed by atoms with van der Waals surface area (Å²) in [5, 5.41) is 3.06. The normalized spacial score (nSPS) is 24.6. The smallest absolute Gasteiger partial charge is 0.324 e. The maximum absolute atomic E-state index is 11.8. The predicted octanol–water partition coefficient (Wildman–Crippen LogP) is 0.164. The molecule has 1 aliphatic rings. The molecule has 0 aromatic rings. The quantitative estimate of drug-likeness (QED) is 0.711. The van der Waals surface area contributed by atoms with Crippen LogP contribution in [0.25, 0.3) is 0 Å². The summed E-state index contributed by atoms with van der Waals surface area (Å²) in [5.41, 5.74) is 0. The number of carbonyl (C=O) groups excluding carboxylic acids is 1. The summed E-state index contributed by atoms with van der Waals surface area (Å²) in [7, 11) is 3.97. The third-order valence-electron chi connectivity index (χ3n) is 3.52. The van der Waals surface area contributed by atoms with Crippen LogP contribution in [0.4, 0.5) is 0 Å². The van der Waals surface area contributed by atoms with Gasteiger partial charge in [0.05, 0.1) is 6.61 Å². The van der Waals surface area contributed by atoms with Gasteiger partial charge in [0, 0.05) is 19.1 Å². The van der Waals surface area contributed by atoms with Gasteiger partial charge in [-0.05, 0) is 47.5 Å². The summed E-state index contributed by atoms with van der Waals surface area (Å²) in [6.07, 6.45) is 1.15. The van der Waals surface area contributed by atoms with Crippen LogP contribution in [-0.4, -0.2) is 74.7 Å². The number of hydrogen-bond donors (Lipinski definition) is 1. The zero-order chi connectivity index (χ0) is 13.5. The topological polar surface area (TPSA) is 44.8 Å². The van der Waals surface area contributed by atoms with E-state index < -0.39 is 0 Å². The highest BCUT2D eigenvalue weighted by molar-refractivity contribution is 5.76.